The summed E-state index contributed by atoms with van der Waals surface area (Å²) in [5, 5.41) is 13.7. The van der Waals surface area contributed by atoms with Gasteiger partial charge in [0, 0.05) is 30.4 Å². The molecule has 6 nitrogen and oxygen atoms in total. The van der Waals surface area contributed by atoms with Gasteiger partial charge in [0.1, 0.15) is 23.3 Å². The molecule has 0 bridgehead atoms. The van der Waals surface area contributed by atoms with Gasteiger partial charge in [-0.05, 0) is 35.9 Å². The third-order valence-electron chi connectivity index (χ3n) is 4.81. The number of aromatic amines is 1. The summed E-state index contributed by atoms with van der Waals surface area (Å²) < 4.78 is 5.77. The predicted octanol–water partition coefficient (Wildman–Crippen LogP) is 4.49. The highest BCUT2D eigenvalue weighted by atomic mass is 35.5. The maximum absolute atomic E-state index is 10.1. The first-order chi connectivity index (χ1) is 15.2. The van der Waals surface area contributed by atoms with E-state index in [-0.39, 0.29) is 0 Å². The minimum Gasteiger partial charge on any atom is -0.492 e. The summed E-state index contributed by atoms with van der Waals surface area (Å²) in [5.74, 6) is 1.63. The van der Waals surface area contributed by atoms with E-state index in [1.807, 2.05) is 60.8 Å². The molecule has 0 fully saturated rings. The number of aromatic nitrogens is 3. The summed E-state index contributed by atoms with van der Waals surface area (Å²) in [6.45, 7) is 1.52. The molecule has 0 radical (unpaired) electrons. The zero-order valence-corrected chi connectivity index (χ0v) is 17.6. The van der Waals surface area contributed by atoms with Crippen LogP contribution in [0.15, 0.2) is 79.1 Å². The molecule has 2 aromatic carbocycles. The number of benzene rings is 2. The monoisotopic (exact) mass is 434 g/mol. The maximum Gasteiger partial charge on any atom is 0.137 e. The molecule has 0 saturated heterocycles. The second-order valence-corrected chi connectivity index (χ2v) is 7.41. The molecular formula is C24H23ClN4O2. The molecule has 0 saturated carbocycles. The van der Waals surface area contributed by atoms with Gasteiger partial charge in [-0.25, -0.2) is 9.97 Å². The molecule has 1 atom stereocenters. The molecule has 31 heavy (non-hydrogen) atoms. The van der Waals surface area contributed by atoms with Crippen molar-refractivity contribution in [3.05, 3.63) is 89.8 Å². The van der Waals surface area contributed by atoms with Crippen LogP contribution in [-0.4, -0.2) is 39.8 Å². The lowest BCUT2D eigenvalue weighted by atomic mass is 10.1. The molecule has 4 rings (SSSR count). The lowest BCUT2D eigenvalue weighted by Gasteiger charge is -2.12. The fraction of sp³-hybridized carbons (Fsp3) is 0.167. The highest BCUT2D eigenvalue weighted by molar-refractivity contribution is 6.29. The van der Waals surface area contributed by atoms with Gasteiger partial charge < -0.3 is 20.1 Å². The predicted molar refractivity (Wildman–Crippen MR) is 122 cm³/mol. The number of nitrogens with zero attached hydrogens (tertiary/aromatic N) is 2. The van der Waals surface area contributed by atoms with Crippen molar-refractivity contribution < 1.29 is 9.84 Å². The van der Waals surface area contributed by atoms with Gasteiger partial charge in [0.05, 0.1) is 18.0 Å². The topological polar surface area (TPSA) is 83.1 Å². The number of H-pyrrole nitrogens is 1. The summed E-state index contributed by atoms with van der Waals surface area (Å²) in [5.41, 5.74) is 3.78. The molecule has 4 aromatic rings. The summed E-state index contributed by atoms with van der Waals surface area (Å²) in [6, 6.07) is 21.3. The largest absolute Gasteiger partial charge is 0.492 e. The Morgan fingerprint density at radius 2 is 1.74 bits per heavy atom. The number of hydrogen-bond acceptors (Lipinski definition) is 5. The molecular weight excluding hydrogens is 412 g/mol. The summed E-state index contributed by atoms with van der Waals surface area (Å²) >= 11 is 5.76. The molecule has 0 spiro atoms. The van der Waals surface area contributed by atoms with E-state index in [1.165, 1.54) is 0 Å². The van der Waals surface area contributed by atoms with E-state index in [2.05, 4.69) is 20.3 Å². The van der Waals surface area contributed by atoms with Crippen molar-refractivity contribution >= 4 is 11.6 Å². The number of imidazole rings is 1. The Hall–Kier alpha value is -3.19. The Morgan fingerprint density at radius 1 is 0.935 bits per heavy atom. The standard InChI is InChI=1S/C24H23ClN4O2/c25-23-11-8-19(14-27-23)22(30)16-26-12-13-31-20-9-6-17(7-10-20)21-15-28-24(29-21)18-4-2-1-3-5-18/h1-11,14-15,22,26,30H,12-13,16H2,(H,28,29)/t22-/m0/s1. The minimum atomic E-state index is -0.640. The van der Waals surface area contributed by atoms with Gasteiger partial charge in [-0.2, -0.15) is 0 Å². The van der Waals surface area contributed by atoms with Gasteiger partial charge in [0.15, 0.2) is 0 Å². The van der Waals surface area contributed by atoms with Crippen LogP contribution in [0.25, 0.3) is 22.6 Å². The van der Waals surface area contributed by atoms with Crippen LogP contribution in [0, 0.1) is 0 Å². The Labute approximate surface area is 185 Å². The second kappa shape index (κ2) is 10.2. The van der Waals surface area contributed by atoms with Gasteiger partial charge in [-0.1, -0.05) is 48.0 Å². The first kappa shape index (κ1) is 21.1. The molecule has 0 aliphatic carbocycles. The van der Waals surface area contributed by atoms with Crippen LogP contribution in [-0.2, 0) is 0 Å². The number of rotatable bonds is 9. The van der Waals surface area contributed by atoms with E-state index in [4.69, 9.17) is 16.3 Å². The number of halogens is 1. The molecule has 0 aliphatic heterocycles. The number of hydrogen-bond donors (Lipinski definition) is 3. The highest BCUT2D eigenvalue weighted by Crippen LogP contribution is 2.24. The van der Waals surface area contributed by atoms with Crippen LogP contribution >= 0.6 is 11.6 Å². The summed E-state index contributed by atoms with van der Waals surface area (Å²) in [4.78, 5) is 11.8. The molecule has 0 unspecified atom stereocenters. The van der Waals surface area contributed by atoms with Crippen LogP contribution in [0.3, 0.4) is 0 Å². The zero-order chi connectivity index (χ0) is 21.5. The Morgan fingerprint density at radius 3 is 2.48 bits per heavy atom. The van der Waals surface area contributed by atoms with E-state index in [9.17, 15) is 5.11 Å². The molecule has 0 aliphatic rings. The Bertz CT molecular complexity index is 1080. The van der Waals surface area contributed by atoms with Crippen molar-refractivity contribution in [2.24, 2.45) is 0 Å². The van der Waals surface area contributed by atoms with Crippen LogP contribution in [0.1, 0.15) is 11.7 Å². The lowest BCUT2D eigenvalue weighted by Crippen LogP contribution is -2.26. The van der Waals surface area contributed by atoms with E-state index < -0.39 is 6.10 Å². The molecule has 3 N–H and O–H groups in total. The fourth-order valence-corrected chi connectivity index (χ4v) is 3.24. The first-order valence-corrected chi connectivity index (χ1v) is 10.4. The number of aliphatic hydroxyl groups is 1. The summed E-state index contributed by atoms with van der Waals surface area (Å²) in [6.07, 6.45) is 2.78. The smallest absolute Gasteiger partial charge is 0.137 e. The average Bonchev–Trinajstić information content (AvgIpc) is 3.30. The van der Waals surface area contributed by atoms with Crippen LogP contribution in [0.4, 0.5) is 0 Å². The van der Waals surface area contributed by atoms with Crippen molar-refractivity contribution in [3.8, 4) is 28.4 Å². The molecule has 158 valence electrons. The average molecular weight is 435 g/mol. The van der Waals surface area contributed by atoms with E-state index in [0.717, 1.165) is 34.0 Å². The van der Waals surface area contributed by atoms with Crippen LogP contribution in [0.2, 0.25) is 5.15 Å². The quantitative estimate of drug-likeness (QED) is 0.267. The van der Waals surface area contributed by atoms with Crippen molar-refractivity contribution in [3.63, 3.8) is 0 Å². The summed E-state index contributed by atoms with van der Waals surface area (Å²) in [7, 11) is 0. The van der Waals surface area contributed by atoms with E-state index in [1.54, 1.807) is 18.3 Å². The van der Waals surface area contributed by atoms with E-state index >= 15 is 0 Å². The molecule has 7 heteroatoms. The normalized spacial score (nSPS) is 11.9. The maximum atomic E-state index is 10.1. The van der Waals surface area contributed by atoms with Crippen molar-refractivity contribution in [1.29, 1.82) is 0 Å². The molecule has 2 aromatic heterocycles. The third-order valence-corrected chi connectivity index (χ3v) is 5.03. The number of ether oxygens (including phenoxy) is 1. The van der Waals surface area contributed by atoms with Crippen molar-refractivity contribution in [1.82, 2.24) is 20.3 Å². The van der Waals surface area contributed by atoms with E-state index in [0.29, 0.717) is 24.8 Å². The van der Waals surface area contributed by atoms with Crippen LogP contribution in [0.5, 0.6) is 5.75 Å². The number of nitrogens with one attached hydrogen (secondary N) is 2. The van der Waals surface area contributed by atoms with Gasteiger partial charge in [-0.15, -0.1) is 0 Å². The third kappa shape index (κ3) is 5.70. The van der Waals surface area contributed by atoms with Gasteiger partial charge >= 0.3 is 0 Å². The van der Waals surface area contributed by atoms with Gasteiger partial charge in [-0.3, -0.25) is 0 Å². The lowest BCUT2D eigenvalue weighted by molar-refractivity contribution is 0.171. The molecule has 2 heterocycles. The number of pyridine rings is 1. The Kier molecular flexibility index (Phi) is 6.94. The number of aliphatic hydroxyl groups excluding tert-OH is 1. The highest BCUT2D eigenvalue weighted by Gasteiger charge is 2.08. The van der Waals surface area contributed by atoms with Gasteiger partial charge in [0.25, 0.3) is 0 Å². The van der Waals surface area contributed by atoms with Crippen molar-refractivity contribution in [2.75, 3.05) is 19.7 Å². The van der Waals surface area contributed by atoms with Crippen molar-refractivity contribution in [2.45, 2.75) is 6.10 Å². The second-order valence-electron chi connectivity index (χ2n) is 7.02. The fourth-order valence-electron chi connectivity index (χ4n) is 3.12. The SMILES string of the molecule is O[C@@H](CNCCOc1ccc(-c2cnc(-c3ccccc3)[nH]2)cc1)c1ccc(Cl)nc1. The minimum absolute atomic E-state index is 0.410. The molecule has 0 amide bonds. The van der Waals surface area contributed by atoms with Crippen LogP contribution < -0.4 is 10.1 Å². The Balaban J connectivity index is 1.23. The van der Waals surface area contributed by atoms with Gasteiger partial charge in [0.2, 0.25) is 0 Å². The zero-order valence-electron chi connectivity index (χ0n) is 16.8. The first-order valence-electron chi connectivity index (χ1n) is 10.0.